The molecule has 1 aliphatic heterocycles. The lowest BCUT2D eigenvalue weighted by Crippen LogP contribution is -2.40. The standard InChI is InChI=1S/C11H23NOSi/c1-4-5-6-10(9-13)11-7-8-12-14(11,2)3/h12-13H,4-9H2,1-3H3/b11-10-. The van der Waals surface area contributed by atoms with Crippen LogP contribution in [0.5, 0.6) is 0 Å². The van der Waals surface area contributed by atoms with E-state index in [1.807, 2.05) is 0 Å². The molecule has 14 heavy (non-hydrogen) atoms. The number of hydrogen-bond acceptors (Lipinski definition) is 2. The Labute approximate surface area is 88.5 Å². The third kappa shape index (κ3) is 2.68. The lowest BCUT2D eigenvalue weighted by atomic mass is 10.1. The van der Waals surface area contributed by atoms with Gasteiger partial charge in [0.1, 0.15) is 8.24 Å². The number of aliphatic hydroxyl groups excluding tert-OH is 1. The molecule has 0 unspecified atom stereocenters. The van der Waals surface area contributed by atoms with Crippen molar-refractivity contribution in [3.05, 3.63) is 10.8 Å². The van der Waals surface area contributed by atoms with Gasteiger partial charge in [-0.2, -0.15) is 0 Å². The fourth-order valence-corrected chi connectivity index (χ4v) is 5.05. The zero-order valence-electron chi connectivity index (χ0n) is 9.69. The fourth-order valence-electron chi connectivity index (χ4n) is 2.25. The molecular formula is C11H23NOSi. The molecule has 0 amide bonds. The molecule has 1 saturated heterocycles. The van der Waals surface area contributed by atoms with Crippen molar-refractivity contribution in [2.75, 3.05) is 13.2 Å². The highest BCUT2D eigenvalue weighted by atomic mass is 28.3. The number of unbranched alkanes of at least 4 members (excludes halogenated alkanes) is 1. The average molecular weight is 213 g/mol. The third-order valence-electron chi connectivity index (χ3n) is 3.15. The van der Waals surface area contributed by atoms with Crippen LogP contribution in [0.4, 0.5) is 0 Å². The van der Waals surface area contributed by atoms with Gasteiger partial charge in [-0.1, -0.05) is 31.6 Å². The Balaban J connectivity index is 2.76. The van der Waals surface area contributed by atoms with Crippen LogP contribution in [0.15, 0.2) is 10.8 Å². The Hall–Kier alpha value is -0.123. The van der Waals surface area contributed by atoms with Gasteiger partial charge in [0.25, 0.3) is 0 Å². The second kappa shape index (κ2) is 5.10. The summed E-state index contributed by atoms with van der Waals surface area (Å²) < 4.78 is 0. The smallest absolute Gasteiger partial charge is 0.147 e. The second-order valence-corrected chi connectivity index (χ2v) is 8.85. The van der Waals surface area contributed by atoms with E-state index in [-0.39, 0.29) is 6.61 Å². The maximum Gasteiger partial charge on any atom is 0.147 e. The minimum Gasteiger partial charge on any atom is -0.392 e. The van der Waals surface area contributed by atoms with E-state index < -0.39 is 8.24 Å². The molecule has 1 fully saturated rings. The normalized spacial score (nSPS) is 24.0. The fraction of sp³-hybridized carbons (Fsp3) is 0.818. The predicted octanol–water partition coefficient (Wildman–Crippen LogP) is 2.20. The first-order chi connectivity index (χ1) is 6.61. The molecule has 0 aromatic carbocycles. The molecule has 82 valence electrons. The molecule has 0 aromatic heterocycles. The minimum atomic E-state index is -1.33. The molecule has 2 nitrogen and oxygen atoms in total. The van der Waals surface area contributed by atoms with Crippen molar-refractivity contribution in [1.29, 1.82) is 0 Å². The highest BCUT2D eigenvalue weighted by Gasteiger charge is 2.32. The van der Waals surface area contributed by atoms with E-state index in [0.29, 0.717) is 0 Å². The molecule has 0 saturated carbocycles. The zero-order valence-corrected chi connectivity index (χ0v) is 10.7. The number of nitrogens with one attached hydrogen (secondary N) is 1. The molecule has 0 bridgehead atoms. The van der Waals surface area contributed by atoms with E-state index >= 15 is 0 Å². The summed E-state index contributed by atoms with van der Waals surface area (Å²) >= 11 is 0. The molecule has 0 aliphatic carbocycles. The van der Waals surface area contributed by atoms with Crippen LogP contribution in [0.1, 0.15) is 32.6 Å². The minimum absolute atomic E-state index is 0.271. The highest BCUT2D eigenvalue weighted by Crippen LogP contribution is 2.27. The van der Waals surface area contributed by atoms with Gasteiger partial charge in [0, 0.05) is 0 Å². The van der Waals surface area contributed by atoms with E-state index in [0.717, 1.165) is 13.0 Å². The van der Waals surface area contributed by atoms with Crippen molar-refractivity contribution in [3.63, 3.8) is 0 Å². The summed E-state index contributed by atoms with van der Waals surface area (Å²) in [6, 6.07) is 0. The summed E-state index contributed by atoms with van der Waals surface area (Å²) in [5, 5.41) is 11.0. The molecule has 1 aliphatic rings. The Bertz CT molecular complexity index is 223. The quantitative estimate of drug-likeness (QED) is 0.702. The summed E-state index contributed by atoms with van der Waals surface area (Å²) in [7, 11) is -1.33. The van der Waals surface area contributed by atoms with Gasteiger partial charge in [-0.25, -0.2) is 0 Å². The third-order valence-corrected chi connectivity index (χ3v) is 6.39. The van der Waals surface area contributed by atoms with Crippen LogP contribution in [0.2, 0.25) is 13.1 Å². The van der Waals surface area contributed by atoms with E-state index in [4.69, 9.17) is 0 Å². The van der Waals surface area contributed by atoms with Crippen LogP contribution < -0.4 is 4.98 Å². The predicted molar refractivity (Wildman–Crippen MR) is 63.7 cm³/mol. The Kier molecular flexibility index (Phi) is 4.35. The van der Waals surface area contributed by atoms with Crippen molar-refractivity contribution in [2.45, 2.75) is 45.7 Å². The summed E-state index contributed by atoms with van der Waals surface area (Å²) in [5.74, 6) is 0. The molecule has 0 radical (unpaired) electrons. The monoisotopic (exact) mass is 213 g/mol. The largest absolute Gasteiger partial charge is 0.392 e. The Morgan fingerprint density at radius 3 is 2.64 bits per heavy atom. The Morgan fingerprint density at radius 1 is 1.50 bits per heavy atom. The van der Waals surface area contributed by atoms with Gasteiger partial charge in [0.2, 0.25) is 0 Å². The first-order valence-corrected chi connectivity index (χ1v) is 8.69. The van der Waals surface area contributed by atoms with E-state index in [9.17, 15) is 5.11 Å². The first-order valence-electron chi connectivity index (χ1n) is 5.69. The van der Waals surface area contributed by atoms with E-state index in [2.05, 4.69) is 25.0 Å². The zero-order chi connectivity index (χ0) is 10.6. The van der Waals surface area contributed by atoms with E-state index in [1.165, 1.54) is 24.8 Å². The number of aliphatic hydroxyl groups is 1. The van der Waals surface area contributed by atoms with Crippen molar-refractivity contribution < 1.29 is 5.11 Å². The van der Waals surface area contributed by atoms with Crippen LogP contribution in [-0.4, -0.2) is 26.5 Å². The van der Waals surface area contributed by atoms with Crippen LogP contribution in [0.3, 0.4) is 0 Å². The van der Waals surface area contributed by atoms with Gasteiger partial charge >= 0.3 is 0 Å². The van der Waals surface area contributed by atoms with Gasteiger partial charge in [-0.15, -0.1) is 0 Å². The van der Waals surface area contributed by atoms with Crippen LogP contribution in [0.25, 0.3) is 0 Å². The maximum atomic E-state index is 9.38. The molecule has 1 rings (SSSR count). The van der Waals surface area contributed by atoms with Crippen molar-refractivity contribution in [1.82, 2.24) is 4.98 Å². The van der Waals surface area contributed by atoms with Crippen molar-refractivity contribution >= 4 is 8.24 Å². The Morgan fingerprint density at radius 2 is 2.21 bits per heavy atom. The molecule has 0 spiro atoms. The average Bonchev–Trinajstić information content (AvgIpc) is 2.48. The molecule has 1 heterocycles. The highest BCUT2D eigenvalue weighted by molar-refractivity contribution is 6.82. The van der Waals surface area contributed by atoms with Gasteiger partial charge in [0.05, 0.1) is 6.61 Å². The lowest BCUT2D eigenvalue weighted by Gasteiger charge is -2.21. The molecule has 0 atom stereocenters. The van der Waals surface area contributed by atoms with E-state index in [1.54, 1.807) is 5.20 Å². The number of hydrogen-bond donors (Lipinski definition) is 2. The summed E-state index contributed by atoms with van der Waals surface area (Å²) in [6.45, 7) is 8.28. The number of rotatable bonds is 4. The molecular weight excluding hydrogens is 190 g/mol. The second-order valence-electron chi connectivity index (χ2n) is 4.65. The molecule has 0 aromatic rings. The summed E-state index contributed by atoms with van der Waals surface area (Å²) in [5.41, 5.74) is 1.33. The lowest BCUT2D eigenvalue weighted by molar-refractivity contribution is 0.324. The van der Waals surface area contributed by atoms with Crippen LogP contribution in [0, 0.1) is 0 Å². The summed E-state index contributed by atoms with van der Waals surface area (Å²) in [4.78, 5) is 3.61. The van der Waals surface area contributed by atoms with Gasteiger partial charge in [-0.3, -0.25) is 0 Å². The SMILES string of the molecule is CCCC/C(CO)=C1\CCN[Si]1(C)C. The molecule has 2 N–H and O–H groups in total. The maximum absolute atomic E-state index is 9.38. The topological polar surface area (TPSA) is 32.3 Å². The van der Waals surface area contributed by atoms with Gasteiger partial charge in [-0.05, 0) is 31.4 Å². The van der Waals surface area contributed by atoms with Gasteiger partial charge in [0.15, 0.2) is 0 Å². The van der Waals surface area contributed by atoms with Crippen molar-refractivity contribution in [3.8, 4) is 0 Å². The van der Waals surface area contributed by atoms with Crippen LogP contribution >= 0.6 is 0 Å². The van der Waals surface area contributed by atoms with Crippen LogP contribution in [-0.2, 0) is 0 Å². The summed E-state index contributed by atoms with van der Waals surface area (Å²) in [6.07, 6.45) is 4.69. The van der Waals surface area contributed by atoms with Crippen molar-refractivity contribution in [2.24, 2.45) is 0 Å². The first kappa shape index (κ1) is 11.9. The van der Waals surface area contributed by atoms with Gasteiger partial charge < -0.3 is 10.1 Å². The molecule has 3 heteroatoms.